The lowest BCUT2D eigenvalue weighted by atomic mass is 10.1. The normalized spacial score (nSPS) is 13.1. The van der Waals surface area contributed by atoms with Gasteiger partial charge in [-0.05, 0) is 48.4 Å². The standard InChI is InChI=1S/C21H16FN5O/c1-26-11-14(2-7-19(26)28)16-4-5-17-20(25-16)21(24-12-23-17)27-9-8-13-10-15(22)3-6-18(13)27/h2-7,10-12H,8-9H2,1H3. The molecule has 138 valence electrons. The first-order valence-corrected chi connectivity index (χ1v) is 8.95. The molecule has 6 nitrogen and oxygen atoms in total. The Balaban J connectivity index is 1.67. The maximum Gasteiger partial charge on any atom is 0.250 e. The fourth-order valence-electron chi connectivity index (χ4n) is 3.62. The molecule has 0 saturated carbocycles. The molecule has 4 aromatic rings. The van der Waals surface area contributed by atoms with E-state index in [9.17, 15) is 9.18 Å². The molecule has 3 aromatic heterocycles. The molecule has 0 fully saturated rings. The number of rotatable bonds is 2. The molecule has 7 heteroatoms. The van der Waals surface area contributed by atoms with E-state index in [1.54, 1.807) is 31.4 Å². The predicted octanol–water partition coefficient (Wildman–Crippen LogP) is 3.22. The molecule has 1 aliphatic rings. The lowest BCUT2D eigenvalue weighted by molar-refractivity contribution is 0.626. The molecule has 0 unspecified atom stereocenters. The Morgan fingerprint density at radius 3 is 2.82 bits per heavy atom. The minimum atomic E-state index is -0.233. The third-order valence-electron chi connectivity index (χ3n) is 5.04. The van der Waals surface area contributed by atoms with E-state index < -0.39 is 0 Å². The molecule has 1 aromatic carbocycles. The molecule has 0 saturated heterocycles. The summed E-state index contributed by atoms with van der Waals surface area (Å²) in [4.78, 5) is 27.3. The number of halogens is 1. The minimum absolute atomic E-state index is 0.0746. The number of aryl methyl sites for hydroxylation is 1. The van der Waals surface area contributed by atoms with Crippen molar-refractivity contribution in [3.05, 3.63) is 76.7 Å². The Hall–Kier alpha value is -3.61. The van der Waals surface area contributed by atoms with Crippen molar-refractivity contribution in [2.24, 2.45) is 7.05 Å². The van der Waals surface area contributed by atoms with E-state index in [1.165, 1.54) is 23.0 Å². The number of hydrogen-bond acceptors (Lipinski definition) is 5. The van der Waals surface area contributed by atoms with Gasteiger partial charge in [-0.15, -0.1) is 0 Å². The van der Waals surface area contributed by atoms with Crippen LogP contribution in [0.2, 0.25) is 0 Å². The van der Waals surface area contributed by atoms with Crippen LogP contribution in [0.15, 0.2) is 59.8 Å². The maximum atomic E-state index is 13.6. The average Bonchev–Trinajstić information content (AvgIpc) is 3.12. The van der Waals surface area contributed by atoms with Crippen molar-refractivity contribution in [2.75, 3.05) is 11.4 Å². The summed E-state index contributed by atoms with van der Waals surface area (Å²) in [5, 5.41) is 0. The lowest BCUT2D eigenvalue weighted by Gasteiger charge is -2.19. The number of anilines is 2. The number of fused-ring (bicyclic) bond motifs is 2. The van der Waals surface area contributed by atoms with Crippen LogP contribution in [0.5, 0.6) is 0 Å². The van der Waals surface area contributed by atoms with Gasteiger partial charge in [0.25, 0.3) is 0 Å². The van der Waals surface area contributed by atoms with Gasteiger partial charge in [-0.25, -0.2) is 19.3 Å². The second kappa shape index (κ2) is 6.23. The van der Waals surface area contributed by atoms with Crippen LogP contribution in [0.4, 0.5) is 15.9 Å². The Kier molecular flexibility index (Phi) is 3.68. The van der Waals surface area contributed by atoms with E-state index in [0.29, 0.717) is 17.9 Å². The van der Waals surface area contributed by atoms with Crippen molar-refractivity contribution in [3.63, 3.8) is 0 Å². The fourth-order valence-corrected chi connectivity index (χ4v) is 3.62. The van der Waals surface area contributed by atoms with E-state index in [2.05, 4.69) is 14.9 Å². The number of benzene rings is 1. The van der Waals surface area contributed by atoms with E-state index in [0.717, 1.165) is 34.4 Å². The van der Waals surface area contributed by atoms with Gasteiger partial charge in [-0.2, -0.15) is 0 Å². The van der Waals surface area contributed by atoms with Gasteiger partial charge < -0.3 is 9.47 Å². The van der Waals surface area contributed by atoms with Crippen LogP contribution in [-0.2, 0) is 13.5 Å². The highest BCUT2D eigenvalue weighted by atomic mass is 19.1. The van der Waals surface area contributed by atoms with Gasteiger partial charge >= 0.3 is 0 Å². The summed E-state index contributed by atoms with van der Waals surface area (Å²) < 4.78 is 15.1. The van der Waals surface area contributed by atoms with Gasteiger partial charge in [-0.3, -0.25) is 4.79 Å². The van der Waals surface area contributed by atoms with Crippen LogP contribution >= 0.6 is 0 Å². The summed E-state index contributed by atoms with van der Waals surface area (Å²) in [6, 6.07) is 11.9. The number of aromatic nitrogens is 4. The summed E-state index contributed by atoms with van der Waals surface area (Å²) in [7, 11) is 1.71. The molecule has 4 heterocycles. The summed E-state index contributed by atoms with van der Waals surface area (Å²) in [5.41, 5.74) is 4.80. The fraction of sp³-hybridized carbons (Fsp3) is 0.143. The van der Waals surface area contributed by atoms with E-state index in [-0.39, 0.29) is 11.4 Å². The van der Waals surface area contributed by atoms with Gasteiger partial charge in [0.15, 0.2) is 5.82 Å². The monoisotopic (exact) mass is 373 g/mol. The Labute approximate surface area is 159 Å². The van der Waals surface area contributed by atoms with Gasteiger partial charge in [-0.1, -0.05) is 0 Å². The quantitative estimate of drug-likeness (QED) is 0.540. The Morgan fingerprint density at radius 1 is 1.07 bits per heavy atom. The molecule has 0 atom stereocenters. The van der Waals surface area contributed by atoms with Crippen LogP contribution in [0.1, 0.15) is 5.56 Å². The van der Waals surface area contributed by atoms with Gasteiger partial charge in [0.1, 0.15) is 17.7 Å². The van der Waals surface area contributed by atoms with Crippen molar-refractivity contribution in [3.8, 4) is 11.3 Å². The minimum Gasteiger partial charge on any atom is -0.324 e. The van der Waals surface area contributed by atoms with Gasteiger partial charge in [0.2, 0.25) is 5.56 Å². The van der Waals surface area contributed by atoms with E-state index >= 15 is 0 Å². The van der Waals surface area contributed by atoms with Crippen molar-refractivity contribution in [1.29, 1.82) is 0 Å². The molecule has 0 amide bonds. The second-order valence-electron chi connectivity index (χ2n) is 6.80. The summed E-state index contributed by atoms with van der Waals surface area (Å²) in [5.74, 6) is 0.463. The number of pyridine rings is 2. The highest BCUT2D eigenvalue weighted by Gasteiger charge is 2.24. The largest absolute Gasteiger partial charge is 0.324 e. The molecule has 28 heavy (non-hydrogen) atoms. The van der Waals surface area contributed by atoms with Crippen LogP contribution in [0.25, 0.3) is 22.3 Å². The third-order valence-corrected chi connectivity index (χ3v) is 5.04. The summed E-state index contributed by atoms with van der Waals surface area (Å²) >= 11 is 0. The first-order chi connectivity index (χ1) is 13.6. The molecule has 0 N–H and O–H groups in total. The van der Waals surface area contributed by atoms with Crippen molar-refractivity contribution < 1.29 is 4.39 Å². The zero-order chi connectivity index (χ0) is 19.3. The molecular formula is C21H16FN5O. The van der Waals surface area contributed by atoms with Crippen LogP contribution in [0.3, 0.4) is 0 Å². The zero-order valence-corrected chi connectivity index (χ0v) is 15.1. The van der Waals surface area contributed by atoms with Gasteiger partial charge in [0, 0.05) is 37.1 Å². The molecule has 0 radical (unpaired) electrons. The SMILES string of the molecule is Cn1cc(-c2ccc3ncnc(N4CCc5cc(F)ccc54)c3n2)ccc1=O. The highest BCUT2D eigenvalue weighted by molar-refractivity contribution is 5.90. The lowest BCUT2D eigenvalue weighted by Crippen LogP contribution is -2.16. The molecular weight excluding hydrogens is 357 g/mol. The van der Waals surface area contributed by atoms with Crippen molar-refractivity contribution >= 4 is 22.5 Å². The van der Waals surface area contributed by atoms with Crippen LogP contribution in [-0.4, -0.2) is 26.1 Å². The van der Waals surface area contributed by atoms with Crippen molar-refractivity contribution in [1.82, 2.24) is 19.5 Å². The topological polar surface area (TPSA) is 63.9 Å². The second-order valence-corrected chi connectivity index (χ2v) is 6.80. The first kappa shape index (κ1) is 16.6. The van der Waals surface area contributed by atoms with Crippen LogP contribution in [0, 0.1) is 5.82 Å². The predicted molar refractivity (Wildman–Crippen MR) is 105 cm³/mol. The molecule has 0 bridgehead atoms. The highest BCUT2D eigenvalue weighted by Crippen LogP contribution is 2.36. The molecule has 5 rings (SSSR count). The number of nitrogens with zero attached hydrogens (tertiary/aromatic N) is 5. The Bertz CT molecular complexity index is 1280. The third kappa shape index (κ3) is 2.63. The van der Waals surface area contributed by atoms with E-state index in [1.807, 2.05) is 12.1 Å². The molecule has 0 spiro atoms. The summed E-state index contributed by atoms with van der Waals surface area (Å²) in [6.45, 7) is 0.705. The Morgan fingerprint density at radius 2 is 1.96 bits per heavy atom. The first-order valence-electron chi connectivity index (χ1n) is 8.95. The van der Waals surface area contributed by atoms with E-state index in [4.69, 9.17) is 4.98 Å². The average molecular weight is 373 g/mol. The van der Waals surface area contributed by atoms with Crippen molar-refractivity contribution in [2.45, 2.75) is 6.42 Å². The summed E-state index contributed by atoms with van der Waals surface area (Å²) in [6.07, 6.45) is 4.03. The zero-order valence-electron chi connectivity index (χ0n) is 15.1. The number of hydrogen-bond donors (Lipinski definition) is 0. The molecule has 0 aliphatic carbocycles. The maximum absolute atomic E-state index is 13.6. The van der Waals surface area contributed by atoms with Crippen LogP contribution < -0.4 is 10.5 Å². The smallest absolute Gasteiger partial charge is 0.250 e. The molecule has 1 aliphatic heterocycles. The van der Waals surface area contributed by atoms with Gasteiger partial charge in [0.05, 0.1) is 11.2 Å².